The van der Waals surface area contributed by atoms with Gasteiger partial charge < -0.3 is 15.0 Å². The van der Waals surface area contributed by atoms with Crippen molar-refractivity contribution < 1.29 is 4.74 Å². The average Bonchev–Trinajstić information content (AvgIpc) is 3.28. The van der Waals surface area contributed by atoms with Crippen molar-refractivity contribution in [3.63, 3.8) is 0 Å². The van der Waals surface area contributed by atoms with E-state index in [9.17, 15) is 0 Å². The van der Waals surface area contributed by atoms with Crippen LogP contribution in [0, 0.1) is 5.92 Å². The second-order valence-electron chi connectivity index (χ2n) is 10.7. The molecule has 5 heterocycles. The molecule has 7 heteroatoms. The molecule has 0 atom stereocenters. The first-order chi connectivity index (χ1) is 16.4. The van der Waals surface area contributed by atoms with Crippen molar-refractivity contribution in [2.75, 3.05) is 38.2 Å². The van der Waals surface area contributed by atoms with Crippen molar-refractivity contribution in [1.29, 1.82) is 0 Å². The molecule has 2 aliphatic heterocycles. The molecule has 6 nitrogen and oxygen atoms in total. The van der Waals surface area contributed by atoms with Crippen molar-refractivity contribution >= 4 is 28.5 Å². The molecule has 0 radical (unpaired) electrons. The number of halogens is 1. The highest BCUT2D eigenvalue weighted by Crippen LogP contribution is 2.36. The van der Waals surface area contributed by atoms with E-state index >= 15 is 0 Å². The van der Waals surface area contributed by atoms with Crippen LogP contribution in [0.3, 0.4) is 0 Å². The number of aromatic amines is 1. The average molecular weight is 482 g/mol. The number of H-pyrrole nitrogens is 1. The quantitative estimate of drug-likeness (QED) is 0.461. The number of anilines is 1. The third-order valence-corrected chi connectivity index (χ3v) is 7.76. The van der Waals surface area contributed by atoms with Crippen LogP contribution in [-0.4, -0.2) is 58.2 Å². The minimum absolute atomic E-state index is 0.229. The Labute approximate surface area is 207 Å². The highest BCUT2D eigenvalue weighted by atomic mass is 35.5. The third-order valence-electron chi connectivity index (χ3n) is 7.45. The van der Waals surface area contributed by atoms with Gasteiger partial charge in [-0.3, -0.25) is 4.90 Å². The fraction of sp³-hybridized carbons (Fsp3) is 0.556. The van der Waals surface area contributed by atoms with Crippen LogP contribution in [0.5, 0.6) is 0 Å². The van der Waals surface area contributed by atoms with Gasteiger partial charge in [0.05, 0.1) is 10.7 Å². The lowest BCUT2D eigenvalue weighted by Crippen LogP contribution is -2.45. The third kappa shape index (κ3) is 5.09. The molecule has 5 rings (SSSR count). The smallest absolute Gasteiger partial charge is 0.138 e. The Bertz CT molecular complexity index is 1120. The molecule has 0 aromatic carbocycles. The second-order valence-corrected chi connectivity index (χ2v) is 11.1. The second kappa shape index (κ2) is 9.84. The number of hydrogen-bond donors (Lipinski definition) is 2. The van der Waals surface area contributed by atoms with Gasteiger partial charge in [-0.25, -0.2) is 9.97 Å². The summed E-state index contributed by atoms with van der Waals surface area (Å²) < 4.78 is 5.48. The van der Waals surface area contributed by atoms with Gasteiger partial charge in [-0.05, 0) is 89.7 Å². The first kappa shape index (κ1) is 23.6. The van der Waals surface area contributed by atoms with Gasteiger partial charge in [0.15, 0.2) is 0 Å². The zero-order valence-electron chi connectivity index (χ0n) is 20.5. The first-order valence-corrected chi connectivity index (χ1v) is 13.0. The van der Waals surface area contributed by atoms with Gasteiger partial charge in [-0.1, -0.05) is 11.6 Å². The molecule has 0 saturated carbocycles. The normalized spacial score (nSPS) is 19.1. The van der Waals surface area contributed by atoms with E-state index in [-0.39, 0.29) is 5.54 Å². The summed E-state index contributed by atoms with van der Waals surface area (Å²) in [6.45, 7) is 11.8. The lowest BCUT2D eigenvalue weighted by molar-refractivity contribution is 0.0699. The number of rotatable bonds is 5. The molecule has 182 valence electrons. The number of likely N-dealkylation sites (tertiary alicyclic amines) is 1. The number of nitrogens with one attached hydrogen (secondary N) is 2. The number of hydrogen-bond acceptors (Lipinski definition) is 5. The molecule has 0 unspecified atom stereocenters. The number of ether oxygens (including phenoxy) is 1. The molecule has 2 fully saturated rings. The summed E-state index contributed by atoms with van der Waals surface area (Å²) in [5.41, 5.74) is 4.24. The van der Waals surface area contributed by atoms with Crippen molar-refractivity contribution in [3.05, 3.63) is 41.2 Å². The fourth-order valence-corrected chi connectivity index (χ4v) is 5.47. The van der Waals surface area contributed by atoms with Gasteiger partial charge in [0.25, 0.3) is 0 Å². The van der Waals surface area contributed by atoms with E-state index in [2.05, 4.69) is 47.0 Å². The van der Waals surface area contributed by atoms with Crippen molar-refractivity contribution in [1.82, 2.24) is 19.9 Å². The summed E-state index contributed by atoms with van der Waals surface area (Å²) in [4.78, 5) is 15.7. The summed E-state index contributed by atoms with van der Waals surface area (Å²) in [6, 6.07) is 8.21. The minimum Gasteiger partial charge on any atom is -0.381 e. The zero-order chi connectivity index (χ0) is 23.7. The van der Waals surface area contributed by atoms with Crippen LogP contribution in [-0.2, 0) is 4.74 Å². The van der Waals surface area contributed by atoms with Crippen molar-refractivity contribution in [2.45, 2.75) is 57.9 Å². The van der Waals surface area contributed by atoms with E-state index in [1.165, 1.54) is 5.69 Å². The van der Waals surface area contributed by atoms with E-state index < -0.39 is 0 Å². The van der Waals surface area contributed by atoms with Crippen LogP contribution >= 0.6 is 11.6 Å². The molecule has 3 aromatic rings. The molecular weight excluding hydrogens is 446 g/mol. The Kier molecular flexibility index (Phi) is 6.83. The van der Waals surface area contributed by atoms with Gasteiger partial charge in [0, 0.05) is 54.1 Å². The number of pyridine rings is 2. The molecular formula is C27H36ClN5O. The fourth-order valence-electron chi connectivity index (χ4n) is 5.26. The van der Waals surface area contributed by atoms with Crippen molar-refractivity contribution in [3.8, 4) is 11.3 Å². The van der Waals surface area contributed by atoms with Crippen molar-refractivity contribution in [2.24, 2.45) is 5.92 Å². The highest BCUT2D eigenvalue weighted by molar-refractivity contribution is 6.33. The Hall–Kier alpha value is -2.15. The number of fused-ring (bicyclic) bond motifs is 1. The lowest BCUT2D eigenvalue weighted by atomic mass is 9.90. The number of piperidine rings is 1. The molecule has 2 N–H and O–H groups in total. The Balaban J connectivity index is 1.37. The van der Waals surface area contributed by atoms with E-state index in [1.54, 1.807) is 0 Å². The van der Waals surface area contributed by atoms with Crippen LogP contribution in [0.25, 0.3) is 22.3 Å². The highest BCUT2D eigenvalue weighted by Gasteiger charge is 2.28. The van der Waals surface area contributed by atoms with Crippen LogP contribution in [0.2, 0.25) is 5.02 Å². The van der Waals surface area contributed by atoms with Gasteiger partial charge in [0.2, 0.25) is 0 Å². The molecule has 2 saturated heterocycles. The molecule has 3 aromatic heterocycles. The summed E-state index contributed by atoms with van der Waals surface area (Å²) in [5, 5.41) is 5.27. The van der Waals surface area contributed by atoms with Gasteiger partial charge in [-0.2, -0.15) is 0 Å². The molecule has 0 aliphatic carbocycles. The lowest BCUT2D eigenvalue weighted by Gasteiger charge is -2.40. The maximum Gasteiger partial charge on any atom is 0.138 e. The van der Waals surface area contributed by atoms with E-state index in [4.69, 9.17) is 21.3 Å². The molecule has 0 spiro atoms. The molecule has 34 heavy (non-hydrogen) atoms. The largest absolute Gasteiger partial charge is 0.381 e. The zero-order valence-corrected chi connectivity index (χ0v) is 21.3. The van der Waals surface area contributed by atoms with E-state index in [0.29, 0.717) is 16.9 Å². The Morgan fingerprint density at radius 3 is 2.62 bits per heavy atom. The Morgan fingerprint density at radius 2 is 1.88 bits per heavy atom. The number of aromatic nitrogens is 3. The topological polar surface area (TPSA) is 66.1 Å². The van der Waals surface area contributed by atoms with Gasteiger partial charge in [0.1, 0.15) is 11.5 Å². The number of nitrogens with zero attached hydrogens (tertiary/aromatic N) is 3. The first-order valence-electron chi connectivity index (χ1n) is 12.6. The SMILES string of the molecule is CC(C)(C)N1CCC(c2cc3c(-c4nc(NCC5CCOCC5)ccc4Cl)ccnc3[nH]2)CC1. The maximum atomic E-state index is 6.65. The van der Waals surface area contributed by atoms with Crippen LogP contribution in [0.4, 0.5) is 5.82 Å². The summed E-state index contributed by atoms with van der Waals surface area (Å²) >= 11 is 6.65. The van der Waals surface area contributed by atoms with Crippen LogP contribution in [0.1, 0.15) is 58.1 Å². The monoisotopic (exact) mass is 481 g/mol. The summed E-state index contributed by atoms with van der Waals surface area (Å²) in [7, 11) is 0. The van der Waals surface area contributed by atoms with E-state index in [0.717, 1.165) is 86.6 Å². The Morgan fingerprint density at radius 1 is 1.12 bits per heavy atom. The maximum absolute atomic E-state index is 6.65. The van der Waals surface area contributed by atoms with Crippen LogP contribution in [0.15, 0.2) is 30.5 Å². The molecule has 0 amide bonds. The predicted molar refractivity (Wildman–Crippen MR) is 140 cm³/mol. The van der Waals surface area contributed by atoms with Gasteiger partial charge >= 0.3 is 0 Å². The molecule has 0 bridgehead atoms. The van der Waals surface area contributed by atoms with Crippen LogP contribution < -0.4 is 5.32 Å². The van der Waals surface area contributed by atoms with E-state index in [1.807, 2.05) is 24.4 Å². The molecule has 2 aliphatic rings. The summed E-state index contributed by atoms with van der Waals surface area (Å²) in [6.07, 6.45) is 6.35. The van der Waals surface area contributed by atoms with Gasteiger partial charge in [-0.15, -0.1) is 0 Å². The minimum atomic E-state index is 0.229. The predicted octanol–water partition coefficient (Wildman–Crippen LogP) is 6.09. The standard InChI is InChI=1S/C27H36ClN5O/c1-27(2,3)33-12-7-19(8-13-33)23-16-21-20(6-11-29-26(21)31-23)25-22(28)4-5-24(32-25)30-17-18-9-14-34-15-10-18/h4-6,11,16,18-19H,7-10,12-15,17H2,1-3H3,(H,29,31)(H,30,32). The summed E-state index contributed by atoms with van der Waals surface area (Å²) in [5.74, 6) is 2.01.